The largest absolute Gasteiger partial charge is 0.444 e. The van der Waals surface area contributed by atoms with Crippen LogP contribution in [-0.4, -0.2) is 45.7 Å². The van der Waals surface area contributed by atoms with E-state index in [2.05, 4.69) is 20.2 Å². The SMILES string of the molecule is Cc1nc2c(c(=O)[nH]1)CN(CC(C)NC(=O)OC(C)(C)C)CC2. The summed E-state index contributed by atoms with van der Waals surface area (Å²) in [6.45, 7) is 11.3. The number of alkyl carbamates (subject to hydrolysis) is 1. The number of aryl methyl sites for hydroxylation is 1. The molecule has 0 aliphatic carbocycles. The highest BCUT2D eigenvalue weighted by atomic mass is 16.6. The average molecular weight is 322 g/mol. The summed E-state index contributed by atoms with van der Waals surface area (Å²) in [6, 6.07) is -0.0658. The normalized spacial score (nSPS) is 16.6. The molecule has 0 saturated heterocycles. The first-order valence-electron chi connectivity index (χ1n) is 7.94. The molecule has 23 heavy (non-hydrogen) atoms. The van der Waals surface area contributed by atoms with Gasteiger partial charge in [0.1, 0.15) is 11.4 Å². The van der Waals surface area contributed by atoms with Crippen LogP contribution in [0.5, 0.6) is 0 Å². The Bertz CT molecular complexity index is 633. The number of H-pyrrole nitrogens is 1. The molecule has 0 aromatic carbocycles. The van der Waals surface area contributed by atoms with Gasteiger partial charge in [-0.2, -0.15) is 0 Å². The van der Waals surface area contributed by atoms with Crippen LogP contribution >= 0.6 is 0 Å². The Labute approximate surface area is 136 Å². The lowest BCUT2D eigenvalue weighted by atomic mass is 10.1. The number of aromatic amines is 1. The molecule has 0 fully saturated rings. The second-order valence-corrected chi connectivity index (χ2v) is 7.11. The van der Waals surface area contributed by atoms with Crippen LogP contribution < -0.4 is 10.9 Å². The number of carbonyl (C=O) groups excluding carboxylic acids is 1. The van der Waals surface area contributed by atoms with Crippen LogP contribution in [0.4, 0.5) is 4.79 Å². The second-order valence-electron chi connectivity index (χ2n) is 7.11. The molecule has 1 unspecified atom stereocenters. The van der Waals surface area contributed by atoms with Crippen LogP contribution in [-0.2, 0) is 17.7 Å². The van der Waals surface area contributed by atoms with Crippen LogP contribution in [0.3, 0.4) is 0 Å². The fourth-order valence-electron chi connectivity index (χ4n) is 2.70. The van der Waals surface area contributed by atoms with Crippen LogP contribution in [0, 0.1) is 6.92 Å². The molecule has 7 nitrogen and oxygen atoms in total. The van der Waals surface area contributed by atoms with Gasteiger partial charge in [-0.1, -0.05) is 0 Å². The predicted octanol–water partition coefficient (Wildman–Crippen LogP) is 1.35. The summed E-state index contributed by atoms with van der Waals surface area (Å²) in [6.07, 6.45) is 0.330. The Morgan fingerprint density at radius 2 is 2.17 bits per heavy atom. The van der Waals surface area contributed by atoms with E-state index < -0.39 is 11.7 Å². The number of carbonyl (C=O) groups is 1. The Morgan fingerprint density at radius 3 is 2.83 bits per heavy atom. The molecule has 1 amide bonds. The van der Waals surface area contributed by atoms with E-state index >= 15 is 0 Å². The van der Waals surface area contributed by atoms with Crippen molar-refractivity contribution in [1.29, 1.82) is 0 Å². The average Bonchev–Trinajstić information content (AvgIpc) is 2.36. The maximum atomic E-state index is 12.0. The Morgan fingerprint density at radius 1 is 1.48 bits per heavy atom. The second kappa shape index (κ2) is 6.70. The highest BCUT2D eigenvalue weighted by Crippen LogP contribution is 2.14. The van der Waals surface area contributed by atoms with Gasteiger partial charge < -0.3 is 15.0 Å². The predicted molar refractivity (Wildman–Crippen MR) is 87.4 cm³/mol. The molecule has 0 radical (unpaired) electrons. The van der Waals surface area contributed by atoms with Crippen LogP contribution in [0.2, 0.25) is 0 Å². The summed E-state index contributed by atoms with van der Waals surface area (Å²) < 4.78 is 5.25. The van der Waals surface area contributed by atoms with Crippen LogP contribution in [0.15, 0.2) is 4.79 Å². The first-order valence-corrected chi connectivity index (χ1v) is 7.94. The molecule has 2 heterocycles. The minimum atomic E-state index is -0.509. The van der Waals surface area contributed by atoms with Crippen molar-refractivity contribution in [2.24, 2.45) is 0 Å². The van der Waals surface area contributed by atoms with E-state index in [0.717, 1.165) is 24.2 Å². The van der Waals surface area contributed by atoms with Crippen molar-refractivity contribution >= 4 is 6.09 Å². The van der Waals surface area contributed by atoms with E-state index in [1.807, 2.05) is 27.7 Å². The van der Waals surface area contributed by atoms with Crippen molar-refractivity contribution in [3.05, 3.63) is 27.4 Å². The third-order valence-corrected chi connectivity index (χ3v) is 3.56. The third-order valence-electron chi connectivity index (χ3n) is 3.56. The highest BCUT2D eigenvalue weighted by Gasteiger charge is 2.23. The molecule has 1 aliphatic rings. The van der Waals surface area contributed by atoms with E-state index in [4.69, 9.17) is 4.74 Å². The zero-order valence-corrected chi connectivity index (χ0v) is 14.5. The summed E-state index contributed by atoms with van der Waals surface area (Å²) in [7, 11) is 0. The molecule has 1 aromatic heterocycles. The van der Waals surface area contributed by atoms with Gasteiger partial charge in [0, 0.05) is 32.1 Å². The number of aromatic nitrogens is 2. The van der Waals surface area contributed by atoms with Gasteiger partial charge in [-0.05, 0) is 34.6 Å². The molecule has 2 rings (SSSR count). The maximum Gasteiger partial charge on any atom is 0.407 e. The van der Waals surface area contributed by atoms with Crippen LogP contribution in [0.25, 0.3) is 0 Å². The van der Waals surface area contributed by atoms with Crippen molar-refractivity contribution in [2.45, 2.75) is 59.2 Å². The van der Waals surface area contributed by atoms with Gasteiger partial charge in [-0.25, -0.2) is 9.78 Å². The minimum Gasteiger partial charge on any atom is -0.444 e. The fourth-order valence-corrected chi connectivity index (χ4v) is 2.70. The zero-order valence-electron chi connectivity index (χ0n) is 14.5. The van der Waals surface area contributed by atoms with Crippen molar-refractivity contribution < 1.29 is 9.53 Å². The van der Waals surface area contributed by atoms with E-state index in [1.54, 1.807) is 6.92 Å². The molecule has 1 aliphatic heterocycles. The topological polar surface area (TPSA) is 87.3 Å². The van der Waals surface area contributed by atoms with Gasteiger partial charge in [0.2, 0.25) is 0 Å². The van der Waals surface area contributed by atoms with E-state index in [-0.39, 0.29) is 11.6 Å². The zero-order chi connectivity index (χ0) is 17.2. The van der Waals surface area contributed by atoms with E-state index in [0.29, 0.717) is 18.9 Å². The number of ether oxygens (including phenoxy) is 1. The number of hydrogen-bond acceptors (Lipinski definition) is 5. The summed E-state index contributed by atoms with van der Waals surface area (Å²) >= 11 is 0. The molecule has 0 saturated carbocycles. The van der Waals surface area contributed by atoms with Gasteiger partial charge in [0.05, 0.1) is 11.3 Å². The lowest BCUT2D eigenvalue weighted by Crippen LogP contribution is -2.46. The number of rotatable bonds is 3. The monoisotopic (exact) mass is 322 g/mol. The van der Waals surface area contributed by atoms with Gasteiger partial charge >= 0.3 is 6.09 Å². The molecule has 0 bridgehead atoms. The Kier molecular flexibility index (Phi) is 5.09. The van der Waals surface area contributed by atoms with Crippen molar-refractivity contribution in [1.82, 2.24) is 20.2 Å². The van der Waals surface area contributed by atoms with Gasteiger partial charge in [-0.3, -0.25) is 9.69 Å². The summed E-state index contributed by atoms with van der Waals surface area (Å²) in [5.74, 6) is 0.655. The summed E-state index contributed by atoms with van der Waals surface area (Å²) in [5.41, 5.74) is 1.04. The molecule has 1 aromatic rings. The lowest BCUT2D eigenvalue weighted by Gasteiger charge is -2.30. The Balaban J connectivity index is 1.92. The first-order chi connectivity index (χ1) is 10.6. The fraction of sp³-hybridized carbons (Fsp3) is 0.688. The van der Waals surface area contributed by atoms with Gasteiger partial charge in [0.15, 0.2) is 0 Å². The molecular weight excluding hydrogens is 296 g/mol. The van der Waals surface area contributed by atoms with Crippen LogP contribution in [0.1, 0.15) is 44.8 Å². The first kappa shape index (κ1) is 17.5. The highest BCUT2D eigenvalue weighted by molar-refractivity contribution is 5.68. The molecule has 2 N–H and O–H groups in total. The molecule has 7 heteroatoms. The van der Waals surface area contributed by atoms with E-state index in [9.17, 15) is 9.59 Å². The number of fused-ring (bicyclic) bond motifs is 1. The maximum absolute atomic E-state index is 12.0. The quantitative estimate of drug-likeness (QED) is 0.877. The number of amides is 1. The smallest absolute Gasteiger partial charge is 0.407 e. The molecule has 128 valence electrons. The van der Waals surface area contributed by atoms with E-state index in [1.165, 1.54) is 0 Å². The Hall–Kier alpha value is -1.89. The lowest BCUT2D eigenvalue weighted by molar-refractivity contribution is 0.0495. The van der Waals surface area contributed by atoms with Crippen molar-refractivity contribution in [2.75, 3.05) is 13.1 Å². The number of hydrogen-bond donors (Lipinski definition) is 2. The standard InChI is InChI=1S/C16H26N4O3/c1-10(17-15(22)23-16(3,4)5)8-20-7-6-13-12(9-20)14(21)19-11(2)18-13/h10H,6-9H2,1-5H3,(H,17,22)(H,18,19,21). The minimum absolute atomic E-state index is 0.0649. The molecule has 1 atom stereocenters. The van der Waals surface area contributed by atoms with Gasteiger partial charge in [0.25, 0.3) is 5.56 Å². The number of nitrogens with zero attached hydrogens (tertiary/aromatic N) is 2. The number of nitrogens with one attached hydrogen (secondary N) is 2. The van der Waals surface area contributed by atoms with Gasteiger partial charge in [-0.15, -0.1) is 0 Å². The van der Waals surface area contributed by atoms with Crippen molar-refractivity contribution in [3.8, 4) is 0 Å². The third kappa shape index (κ3) is 5.06. The summed E-state index contributed by atoms with van der Waals surface area (Å²) in [5, 5.41) is 2.83. The molecule has 0 spiro atoms. The molecular formula is C16H26N4O3. The summed E-state index contributed by atoms with van der Waals surface area (Å²) in [4.78, 5) is 33.1. The van der Waals surface area contributed by atoms with Crippen molar-refractivity contribution in [3.63, 3.8) is 0 Å².